The van der Waals surface area contributed by atoms with Crippen LogP contribution in [-0.2, 0) is 6.42 Å². The van der Waals surface area contributed by atoms with Gasteiger partial charge in [0.05, 0.1) is 0 Å². The van der Waals surface area contributed by atoms with Crippen molar-refractivity contribution < 1.29 is 0 Å². The van der Waals surface area contributed by atoms with Crippen LogP contribution in [0.25, 0.3) is 0 Å². The van der Waals surface area contributed by atoms with Gasteiger partial charge in [-0.2, -0.15) is 0 Å². The molecule has 0 bridgehead atoms. The average Bonchev–Trinajstić information content (AvgIpc) is 2.63. The van der Waals surface area contributed by atoms with Gasteiger partial charge in [0, 0.05) is 5.38 Å². The molecule has 2 unspecified atom stereocenters. The lowest BCUT2D eigenvalue weighted by Crippen LogP contribution is -2.27. The van der Waals surface area contributed by atoms with Gasteiger partial charge in [0.25, 0.3) is 0 Å². The van der Waals surface area contributed by atoms with Crippen molar-refractivity contribution in [2.45, 2.75) is 58.8 Å². The summed E-state index contributed by atoms with van der Waals surface area (Å²) >= 11 is 6.73. The lowest BCUT2D eigenvalue weighted by atomic mass is 9.78. The van der Waals surface area contributed by atoms with Crippen LogP contribution in [-0.4, -0.2) is 5.38 Å². The molecule has 18 heavy (non-hydrogen) atoms. The molecule has 2 atom stereocenters. The van der Waals surface area contributed by atoms with Gasteiger partial charge in [-0.05, 0) is 55.6 Å². The normalized spacial score (nSPS) is 24.2. The first-order valence-electron chi connectivity index (χ1n) is 7.10. The molecule has 0 aromatic heterocycles. The van der Waals surface area contributed by atoms with Gasteiger partial charge < -0.3 is 0 Å². The Morgan fingerprint density at radius 2 is 2.06 bits per heavy atom. The molecule has 0 N–H and O–H groups in total. The molecule has 1 aromatic rings. The Balaban J connectivity index is 2.11. The molecule has 1 aliphatic rings. The Bertz CT molecular complexity index is 420. The van der Waals surface area contributed by atoms with Gasteiger partial charge >= 0.3 is 0 Å². The summed E-state index contributed by atoms with van der Waals surface area (Å²) in [6, 6.07) is 6.70. The van der Waals surface area contributed by atoms with Crippen molar-refractivity contribution in [2.24, 2.45) is 11.3 Å². The largest absolute Gasteiger partial charge is 0.122 e. The highest BCUT2D eigenvalue weighted by atomic mass is 35.5. The molecule has 0 aliphatic heterocycles. The summed E-state index contributed by atoms with van der Waals surface area (Å²) in [5.41, 5.74) is 4.56. The van der Waals surface area contributed by atoms with Crippen LogP contribution in [0.2, 0.25) is 0 Å². The van der Waals surface area contributed by atoms with Gasteiger partial charge in [-0.25, -0.2) is 0 Å². The summed E-state index contributed by atoms with van der Waals surface area (Å²) in [6.45, 7) is 9.11. The molecule has 2 rings (SSSR count). The fourth-order valence-corrected chi connectivity index (χ4v) is 4.03. The monoisotopic (exact) mass is 264 g/mol. The van der Waals surface area contributed by atoms with Gasteiger partial charge in [-0.3, -0.25) is 0 Å². The molecular formula is C17H25Cl. The Morgan fingerprint density at radius 1 is 1.33 bits per heavy atom. The topological polar surface area (TPSA) is 0 Å². The van der Waals surface area contributed by atoms with E-state index in [1.807, 2.05) is 0 Å². The summed E-state index contributed by atoms with van der Waals surface area (Å²) in [7, 11) is 0. The molecular weight excluding hydrogens is 240 g/mol. The Hall–Kier alpha value is -0.490. The molecule has 0 spiro atoms. The standard InChI is InChI=1S/C17H25Cl/c1-12-7-8-13(2)14(10-12)11-16(18)15-6-5-9-17(15,3)4/h7-8,10,15-16H,5-6,9,11H2,1-4H3. The molecule has 0 amide bonds. The lowest BCUT2D eigenvalue weighted by Gasteiger charge is -2.31. The third kappa shape index (κ3) is 2.91. The molecule has 0 radical (unpaired) electrons. The van der Waals surface area contributed by atoms with E-state index in [1.54, 1.807) is 0 Å². The highest BCUT2D eigenvalue weighted by Gasteiger charge is 2.38. The van der Waals surface area contributed by atoms with Crippen LogP contribution in [0.15, 0.2) is 18.2 Å². The van der Waals surface area contributed by atoms with E-state index in [9.17, 15) is 0 Å². The van der Waals surface area contributed by atoms with Crippen molar-refractivity contribution in [1.29, 1.82) is 0 Å². The van der Waals surface area contributed by atoms with Gasteiger partial charge in [0.15, 0.2) is 0 Å². The molecule has 100 valence electrons. The summed E-state index contributed by atoms with van der Waals surface area (Å²) in [6.07, 6.45) is 4.98. The van der Waals surface area contributed by atoms with Gasteiger partial charge in [-0.1, -0.05) is 44.0 Å². The van der Waals surface area contributed by atoms with Gasteiger partial charge in [0.1, 0.15) is 0 Å². The number of hydrogen-bond donors (Lipinski definition) is 0. The summed E-state index contributed by atoms with van der Waals surface area (Å²) in [4.78, 5) is 0. The third-order valence-corrected chi connectivity index (χ3v) is 5.15. The first kappa shape index (κ1) is 13.9. The minimum Gasteiger partial charge on any atom is -0.122 e. The molecule has 1 aromatic carbocycles. The number of benzene rings is 1. The maximum Gasteiger partial charge on any atom is 0.0409 e. The summed E-state index contributed by atoms with van der Waals surface area (Å²) in [5, 5.41) is 0.281. The predicted octanol–water partition coefficient (Wildman–Crippen LogP) is 5.28. The minimum atomic E-state index is 0.281. The number of hydrogen-bond acceptors (Lipinski definition) is 0. The second-order valence-corrected chi connectivity index (χ2v) is 7.20. The van der Waals surface area contributed by atoms with Crippen LogP contribution in [0, 0.1) is 25.2 Å². The quantitative estimate of drug-likeness (QED) is 0.652. The fourth-order valence-electron chi connectivity index (χ4n) is 3.40. The number of rotatable bonds is 3. The minimum absolute atomic E-state index is 0.281. The van der Waals surface area contributed by atoms with E-state index >= 15 is 0 Å². The smallest absolute Gasteiger partial charge is 0.0409 e. The first-order chi connectivity index (χ1) is 8.40. The van der Waals surface area contributed by atoms with E-state index in [-0.39, 0.29) is 5.38 Å². The Kier molecular flexibility index (Phi) is 4.06. The van der Waals surface area contributed by atoms with Crippen LogP contribution >= 0.6 is 11.6 Å². The van der Waals surface area contributed by atoms with Crippen LogP contribution in [0.5, 0.6) is 0 Å². The fraction of sp³-hybridized carbons (Fsp3) is 0.647. The second-order valence-electron chi connectivity index (χ2n) is 6.64. The van der Waals surface area contributed by atoms with Crippen LogP contribution in [0.1, 0.15) is 49.8 Å². The van der Waals surface area contributed by atoms with Crippen molar-refractivity contribution in [1.82, 2.24) is 0 Å². The van der Waals surface area contributed by atoms with E-state index in [0.717, 1.165) is 6.42 Å². The van der Waals surface area contributed by atoms with Crippen molar-refractivity contribution in [2.75, 3.05) is 0 Å². The van der Waals surface area contributed by atoms with E-state index in [1.165, 1.54) is 36.0 Å². The lowest BCUT2D eigenvalue weighted by molar-refractivity contribution is 0.250. The molecule has 0 nitrogen and oxygen atoms in total. The molecule has 0 saturated heterocycles. The maximum atomic E-state index is 6.73. The van der Waals surface area contributed by atoms with Crippen LogP contribution < -0.4 is 0 Å². The molecule has 1 fully saturated rings. The number of halogens is 1. The summed E-state index contributed by atoms with van der Waals surface area (Å²) in [5.74, 6) is 0.666. The van der Waals surface area contributed by atoms with Gasteiger partial charge in [-0.15, -0.1) is 11.6 Å². The van der Waals surface area contributed by atoms with E-state index < -0.39 is 0 Å². The third-order valence-electron chi connectivity index (χ3n) is 4.70. The number of aryl methyl sites for hydroxylation is 2. The highest BCUT2D eigenvalue weighted by molar-refractivity contribution is 6.21. The first-order valence-corrected chi connectivity index (χ1v) is 7.54. The maximum absolute atomic E-state index is 6.73. The average molecular weight is 265 g/mol. The Labute approximate surface area is 117 Å². The molecule has 1 saturated carbocycles. The highest BCUT2D eigenvalue weighted by Crippen LogP contribution is 2.46. The van der Waals surface area contributed by atoms with Crippen LogP contribution in [0.3, 0.4) is 0 Å². The Morgan fingerprint density at radius 3 is 2.67 bits per heavy atom. The van der Waals surface area contributed by atoms with E-state index in [2.05, 4.69) is 45.9 Å². The molecule has 1 heteroatoms. The number of alkyl halides is 1. The van der Waals surface area contributed by atoms with Crippen LogP contribution in [0.4, 0.5) is 0 Å². The van der Waals surface area contributed by atoms with Gasteiger partial charge in [0.2, 0.25) is 0 Å². The van der Waals surface area contributed by atoms with E-state index in [4.69, 9.17) is 11.6 Å². The zero-order valence-electron chi connectivity index (χ0n) is 12.1. The van der Waals surface area contributed by atoms with Crippen molar-refractivity contribution in [3.8, 4) is 0 Å². The van der Waals surface area contributed by atoms with Crippen molar-refractivity contribution in [3.63, 3.8) is 0 Å². The predicted molar refractivity (Wildman–Crippen MR) is 80.4 cm³/mol. The summed E-state index contributed by atoms with van der Waals surface area (Å²) < 4.78 is 0. The van der Waals surface area contributed by atoms with Crippen molar-refractivity contribution >= 4 is 11.6 Å². The zero-order chi connectivity index (χ0) is 13.3. The molecule has 1 aliphatic carbocycles. The second kappa shape index (κ2) is 5.25. The SMILES string of the molecule is Cc1ccc(C)c(CC(Cl)C2CCCC2(C)C)c1. The van der Waals surface area contributed by atoms with Crippen molar-refractivity contribution in [3.05, 3.63) is 34.9 Å². The van der Waals surface area contributed by atoms with E-state index in [0.29, 0.717) is 11.3 Å². The molecule has 0 heterocycles. The zero-order valence-corrected chi connectivity index (χ0v) is 12.8.